The van der Waals surface area contributed by atoms with E-state index in [-0.39, 0.29) is 11.8 Å². The highest BCUT2D eigenvalue weighted by atomic mass is 16.2. The van der Waals surface area contributed by atoms with Crippen LogP contribution in [0.3, 0.4) is 0 Å². The Morgan fingerprint density at radius 2 is 1.57 bits per heavy atom. The Kier molecular flexibility index (Phi) is 6.87. The van der Waals surface area contributed by atoms with Gasteiger partial charge in [-0.2, -0.15) is 10.1 Å². The highest BCUT2D eigenvalue weighted by Gasteiger charge is 2.53. The molecule has 3 aromatic rings. The van der Waals surface area contributed by atoms with Crippen LogP contribution in [0, 0.1) is 6.92 Å². The van der Waals surface area contributed by atoms with Crippen molar-refractivity contribution < 1.29 is 9.59 Å². The molecule has 0 saturated carbocycles. The summed E-state index contributed by atoms with van der Waals surface area (Å²) in [7, 11) is 0. The summed E-state index contributed by atoms with van der Waals surface area (Å²) in [4.78, 5) is 28.7. The minimum Gasteiger partial charge on any atom is -0.372 e. The second-order valence-electron chi connectivity index (χ2n) is 8.54. The molecule has 4 rings (SSSR count). The fourth-order valence-corrected chi connectivity index (χ4v) is 4.29. The molecule has 2 amide bonds. The van der Waals surface area contributed by atoms with E-state index in [9.17, 15) is 9.59 Å². The summed E-state index contributed by atoms with van der Waals surface area (Å²) in [6, 6.07) is 24.8. The van der Waals surface area contributed by atoms with Gasteiger partial charge in [0.25, 0.3) is 0 Å². The SMILES string of the molecule is CCN(CC)c1ccc(NC2(NC(C)=O)C(=O)N(c3ccc(C)cc3)N=C2c2ccccc2)cc1. The summed E-state index contributed by atoms with van der Waals surface area (Å²) in [5, 5.41) is 12.3. The fraction of sp³-hybridized carbons (Fsp3) is 0.250. The third-order valence-corrected chi connectivity index (χ3v) is 6.09. The number of hydrazone groups is 1. The normalized spacial score (nSPS) is 17.2. The average Bonchev–Trinajstić information content (AvgIpc) is 3.13. The predicted octanol–water partition coefficient (Wildman–Crippen LogP) is 4.54. The second-order valence-corrected chi connectivity index (χ2v) is 8.54. The number of benzene rings is 3. The summed E-state index contributed by atoms with van der Waals surface area (Å²) in [5.41, 5.74) is 3.06. The maximum Gasteiger partial charge on any atom is 0.300 e. The van der Waals surface area contributed by atoms with Crippen molar-refractivity contribution >= 4 is 34.6 Å². The fourth-order valence-electron chi connectivity index (χ4n) is 4.29. The van der Waals surface area contributed by atoms with Gasteiger partial charge >= 0.3 is 5.91 Å². The van der Waals surface area contributed by atoms with E-state index >= 15 is 0 Å². The molecule has 7 heteroatoms. The van der Waals surface area contributed by atoms with Gasteiger partial charge in [0.15, 0.2) is 0 Å². The first-order valence-corrected chi connectivity index (χ1v) is 11.9. The minimum atomic E-state index is -1.57. The van der Waals surface area contributed by atoms with Crippen molar-refractivity contribution in [3.63, 3.8) is 0 Å². The Labute approximate surface area is 206 Å². The second kappa shape index (κ2) is 10.0. The van der Waals surface area contributed by atoms with E-state index in [0.29, 0.717) is 17.1 Å². The molecule has 0 bridgehead atoms. The van der Waals surface area contributed by atoms with Crippen molar-refractivity contribution in [3.8, 4) is 0 Å². The average molecular weight is 470 g/mol. The Morgan fingerprint density at radius 1 is 0.943 bits per heavy atom. The smallest absolute Gasteiger partial charge is 0.300 e. The van der Waals surface area contributed by atoms with Crippen LogP contribution >= 0.6 is 0 Å². The Hall–Kier alpha value is -4.13. The van der Waals surface area contributed by atoms with Gasteiger partial charge in [-0.15, -0.1) is 0 Å². The lowest BCUT2D eigenvalue weighted by molar-refractivity contribution is -0.127. The van der Waals surface area contributed by atoms with E-state index in [4.69, 9.17) is 5.10 Å². The molecule has 1 aliphatic rings. The number of nitrogens with zero attached hydrogens (tertiary/aromatic N) is 3. The molecule has 7 nitrogen and oxygen atoms in total. The number of aryl methyl sites for hydroxylation is 1. The van der Waals surface area contributed by atoms with Crippen LogP contribution < -0.4 is 20.5 Å². The monoisotopic (exact) mass is 469 g/mol. The van der Waals surface area contributed by atoms with E-state index in [0.717, 1.165) is 29.9 Å². The number of hydrogen-bond donors (Lipinski definition) is 2. The highest BCUT2D eigenvalue weighted by Crippen LogP contribution is 2.32. The zero-order valence-electron chi connectivity index (χ0n) is 20.6. The molecule has 0 aliphatic carbocycles. The summed E-state index contributed by atoms with van der Waals surface area (Å²) in [6.45, 7) is 9.40. The highest BCUT2D eigenvalue weighted by molar-refractivity contribution is 6.30. The van der Waals surface area contributed by atoms with Crippen molar-refractivity contribution in [1.29, 1.82) is 0 Å². The zero-order valence-corrected chi connectivity index (χ0v) is 20.6. The number of amides is 2. The molecule has 3 aromatic carbocycles. The zero-order chi connectivity index (χ0) is 25.0. The first kappa shape index (κ1) is 24.0. The molecule has 0 aromatic heterocycles. The lowest BCUT2D eigenvalue weighted by Gasteiger charge is -2.32. The number of carbonyl (C=O) groups excluding carboxylic acids is 2. The molecule has 0 saturated heterocycles. The van der Waals surface area contributed by atoms with E-state index < -0.39 is 5.66 Å². The number of hydrogen-bond acceptors (Lipinski definition) is 5. The molecule has 1 aliphatic heterocycles. The van der Waals surface area contributed by atoms with Crippen molar-refractivity contribution in [2.24, 2.45) is 5.10 Å². The standard InChI is InChI=1S/C28H31N5O2/c1-5-32(6-2)24-18-14-23(15-19-24)30-28(29-21(4)34)26(22-10-8-7-9-11-22)31-33(27(28)35)25-16-12-20(3)13-17-25/h7-19,30H,5-6H2,1-4H3,(H,29,34). The molecule has 0 spiro atoms. The van der Waals surface area contributed by atoms with E-state index in [1.54, 1.807) is 0 Å². The van der Waals surface area contributed by atoms with Crippen LogP contribution in [0.4, 0.5) is 17.1 Å². The molecule has 0 fully saturated rings. The third-order valence-electron chi connectivity index (χ3n) is 6.09. The molecular weight excluding hydrogens is 438 g/mol. The molecule has 35 heavy (non-hydrogen) atoms. The largest absolute Gasteiger partial charge is 0.372 e. The van der Waals surface area contributed by atoms with Crippen molar-refractivity contribution in [1.82, 2.24) is 5.32 Å². The number of anilines is 3. The van der Waals surface area contributed by atoms with Gasteiger partial charge in [-0.1, -0.05) is 48.0 Å². The van der Waals surface area contributed by atoms with E-state index in [1.165, 1.54) is 11.9 Å². The minimum absolute atomic E-state index is 0.347. The van der Waals surface area contributed by atoms with Gasteiger partial charge in [0.1, 0.15) is 5.71 Å². The quantitative estimate of drug-likeness (QED) is 0.475. The van der Waals surface area contributed by atoms with Crippen LogP contribution in [0.25, 0.3) is 0 Å². The van der Waals surface area contributed by atoms with Crippen LogP contribution in [0.15, 0.2) is 84.0 Å². The van der Waals surface area contributed by atoms with Gasteiger partial charge in [-0.3, -0.25) is 9.59 Å². The molecule has 1 unspecified atom stereocenters. The van der Waals surface area contributed by atoms with E-state index in [2.05, 4.69) is 29.4 Å². The van der Waals surface area contributed by atoms with Gasteiger partial charge in [-0.05, 0) is 57.2 Å². The Balaban J connectivity index is 1.80. The number of rotatable bonds is 8. The Morgan fingerprint density at radius 3 is 2.14 bits per heavy atom. The molecular formula is C28H31N5O2. The maximum atomic E-state index is 14.0. The van der Waals surface area contributed by atoms with Gasteiger partial charge in [0, 0.05) is 37.0 Å². The van der Waals surface area contributed by atoms with Crippen LogP contribution in [-0.2, 0) is 9.59 Å². The first-order chi connectivity index (χ1) is 16.9. The van der Waals surface area contributed by atoms with Crippen LogP contribution in [0.5, 0.6) is 0 Å². The van der Waals surface area contributed by atoms with E-state index in [1.807, 2.05) is 85.8 Å². The number of nitrogens with one attached hydrogen (secondary N) is 2. The van der Waals surface area contributed by atoms with Gasteiger partial charge in [0.05, 0.1) is 5.69 Å². The lowest BCUT2D eigenvalue weighted by atomic mass is 9.95. The summed E-state index contributed by atoms with van der Waals surface area (Å²) in [6.07, 6.45) is 0. The van der Waals surface area contributed by atoms with Gasteiger partial charge < -0.3 is 15.5 Å². The van der Waals surface area contributed by atoms with Crippen LogP contribution in [0.2, 0.25) is 0 Å². The molecule has 0 radical (unpaired) electrons. The van der Waals surface area contributed by atoms with Crippen molar-refractivity contribution in [2.45, 2.75) is 33.4 Å². The molecule has 180 valence electrons. The summed E-state index contributed by atoms with van der Waals surface area (Å²) < 4.78 is 0. The van der Waals surface area contributed by atoms with Crippen LogP contribution in [0.1, 0.15) is 31.9 Å². The van der Waals surface area contributed by atoms with Crippen molar-refractivity contribution in [3.05, 3.63) is 90.0 Å². The molecule has 2 N–H and O–H groups in total. The topological polar surface area (TPSA) is 77.0 Å². The predicted molar refractivity (Wildman–Crippen MR) is 142 cm³/mol. The first-order valence-electron chi connectivity index (χ1n) is 11.9. The Bertz CT molecular complexity index is 1220. The van der Waals surface area contributed by atoms with Crippen molar-refractivity contribution in [2.75, 3.05) is 28.3 Å². The van der Waals surface area contributed by atoms with Gasteiger partial charge in [0.2, 0.25) is 11.6 Å². The lowest BCUT2D eigenvalue weighted by Crippen LogP contribution is -2.64. The third kappa shape index (κ3) is 4.75. The molecule has 1 heterocycles. The molecule has 1 atom stereocenters. The number of carbonyl (C=O) groups is 2. The maximum absolute atomic E-state index is 14.0. The van der Waals surface area contributed by atoms with Gasteiger partial charge in [-0.25, -0.2) is 0 Å². The summed E-state index contributed by atoms with van der Waals surface area (Å²) >= 11 is 0. The summed E-state index contributed by atoms with van der Waals surface area (Å²) in [5.74, 6) is -0.733. The van der Waals surface area contributed by atoms with Crippen LogP contribution in [-0.4, -0.2) is 36.3 Å².